The van der Waals surface area contributed by atoms with Gasteiger partial charge in [-0.15, -0.1) is 0 Å². The topological polar surface area (TPSA) is 52.0 Å². The molecule has 0 aliphatic rings. The van der Waals surface area contributed by atoms with Crippen LogP contribution in [-0.4, -0.2) is 5.16 Å². The van der Waals surface area contributed by atoms with E-state index in [-0.39, 0.29) is 0 Å². The van der Waals surface area contributed by atoms with Gasteiger partial charge in [-0.1, -0.05) is 28.4 Å². The Morgan fingerprint density at radius 1 is 1.29 bits per heavy atom. The number of hydrogen-bond acceptors (Lipinski definition) is 3. The lowest BCUT2D eigenvalue weighted by Gasteiger charge is -2.00. The summed E-state index contributed by atoms with van der Waals surface area (Å²) in [5, 5.41) is 4.62. The molecule has 0 saturated heterocycles. The van der Waals surface area contributed by atoms with Gasteiger partial charge in [0.05, 0.1) is 11.2 Å². The fraction of sp³-hybridized carbons (Fsp3) is 0. The summed E-state index contributed by atoms with van der Waals surface area (Å²) in [7, 11) is 0. The van der Waals surface area contributed by atoms with Crippen LogP contribution >= 0.6 is 23.2 Å². The molecule has 0 aliphatic heterocycles. The lowest BCUT2D eigenvalue weighted by atomic mass is 10.1. The average molecular weight is 229 g/mol. The molecule has 0 radical (unpaired) electrons. The molecule has 14 heavy (non-hydrogen) atoms. The van der Waals surface area contributed by atoms with E-state index < -0.39 is 0 Å². The molecule has 0 atom stereocenters. The molecule has 3 nitrogen and oxygen atoms in total. The van der Waals surface area contributed by atoms with Gasteiger partial charge in [-0.25, -0.2) is 0 Å². The van der Waals surface area contributed by atoms with E-state index in [0.29, 0.717) is 27.1 Å². The average Bonchev–Trinajstić information content (AvgIpc) is 2.52. The highest BCUT2D eigenvalue weighted by Crippen LogP contribution is 2.33. The first kappa shape index (κ1) is 9.37. The smallest absolute Gasteiger partial charge is 0.191 e. The Morgan fingerprint density at radius 3 is 2.64 bits per heavy atom. The fourth-order valence-electron chi connectivity index (χ4n) is 1.13. The summed E-state index contributed by atoms with van der Waals surface area (Å²) in [4.78, 5) is 0. The van der Waals surface area contributed by atoms with Crippen LogP contribution in [0.3, 0.4) is 0 Å². The third-order valence-corrected chi connectivity index (χ3v) is 2.32. The first-order chi connectivity index (χ1) is 6.68. The maximum absolute atomic E-state index is 5.97. The molecule has 0 aliphatic carbocycles. The van der Waals surface area contributed by atoms with Crippen molar-refractivity contribution in [2.24, 2.45) is 0 Å². The minimum atomic E-state index is 0.453. The van der Waals surface area contributed by atoms with E-state index >= 15 is 0 Å². The largest absolute Gasteiger partial charge is 0.394 e. The van der Waals surface area contributed by atoms with Crippen LogP contribution in [0.2, 0.25) is 10.0 Å². The van der Waals surface area contributed by atoms with Gasteiger partial charge >= 0.3 is 0 Å². The van der Waals surface area contributed by atoms with Crippen molar-refractivity contribution in [3.63, 3.8) is 0 Å². The highest BCUT2D eigenvalue weighted by Gasteiger charge is 2.11. The zero-order chi connectivity index (χ0) is 10.1. The van der Waals surface area contributed by atoms with Crippen molar-refractivity contribution in [2.45, 2.75) is 0 Å². The molecule has 0 amide bonds. The summed E-state index contributed by atoms with van der Waals surface area (Å²) in [6.45, 7) is 0. The maximum Gasteiger partial charge on any atom is 0.191 e. The lowest BCUT2D eigenvalue weighted by molar-refractivity contribution is 0.432. The van der Waals surface area contributed by atoms with E-state index in [1.165, 1.54) is 6.20 Å². The van der Waals surface area contributed by atoms with Gasteiger partial charge < -0.3 is 10.3 Å². The Balaban J connectivity index is 2.58. The zero-order valence-corrected chi connectivity index (χ0v) is 8.51. The Bertz CT molecular complexity index is 468. The second-order valence-corrected chi connectivity index (χ2v) is 3.58. The van der Waals surface area contributed by atoms with E-state index in [9.17, 15) is 0 Å². The van der Waals surface area contributed by atoms with Crippen molar-refractivity contribution in [3.05, 3.63) is 34.4 Å². The predicted molar refractivity (Wildman–Crippen MR) is 56.4 cm³/mol. The van der Waals surface area contributed by atoms with Gasteiger partial charge in [0.1, 0.15) is 5.69 Å². The van der Waals surface area contributed by atoms with E-state index in [4.69, 9.17) is 33.5 Å². The molecule has 0 unspecified atom stereocenters. The van der Waals surface area contributed by atoms with Crippen LogP contribution in [0, 0.1) is 0 Å². The Kier molecular flexibility index (Phi) is 2.35. The third-order valence-electron chi connectivity index (χ3n) is 1.77. The summed E-state index contributed by atoms with van der Waals surface area (Å²) in [6, 6.07) is 5.08. The number of aromatic nitrogens is 1. The van der Waals surface area contributed by atoms with Crippen LogP contribution in [0.4, 0.5) is 5.69 Å². The first-order valence-electron chi connectivity index (χ1n) is 3.84. The van der Waals surface area contributed by atoms with Crippen LogP contribution in [-0.2, 0) is 0 Å². The zero-order valence-electron chi connectivity index (χ0n) is 7.00. The molecule has 2 N–H and O–H groups in total. The Hall–Kier alpha value is -1.19. The predicted octanol–water partition coefficient (Wildman–Crippen LogP) is 3.23. The number of halogens is 2. The van der Waals surface area contributed by atoms with E-state index in [2.05, 4.69) is 5.16 Å². The summed E-state index contributed by atoms with van der Waals surface area (Å²) in [5.74, 6) is 0.465. The highest BCUT2D eigenvalue weighted by atomic mass is 35.5. The van der Waals surface area contributed by atoms with Crippen LogP contribution in [0.5, 0.6) is 0 Å². The molecule has 5 heteroatoms. The van der Waals surface area contributed by atoms with Crippen LogP contribution in [0.15, 0.2) is 28.9 Å². The van der Waals surface area contributed by atoms with Crippen molar-refractivity contribution in [2.75, 3.05) is 5.73 Å². The number of nitrogens with two attached hydrogens (primary N) is 1. The molecular formula is C9H6Cl2N2O. The normalized spacial score (nSPS) is 10.4. The molecule has 0 spiro atoms. The Morgan fingerprint density at radius 2 is 2.07 bits per heavy atom. The van der Waals surface area contributed by atoms with Crippen molar-refractivity contribution in [3.8, 4) is 11.3 Å². The molecule has 72 valence electrons. The molecule has 0 bridgehead atoms. The van der Waals surface area contributed by atoms with E-state index in [1.807, 2.05) is 0 Å². The molecule has 0 saturated carbocycles. The van der Waals surface area contributed by atoms with Gasteiger partial charge in [-0.2, -0.15) is 0 Å². The van der Waals surface area contributed by atoms with Crippen molar-refractivity contribution in [1.29, 1.82) is 0 Å². The number of hydrogen-bond donors (Lipinski definition) is 1. The number of nitrogen functional groups attached to an aromatic ring is 1. The molecule has 0 fully saturated rings. The van der Waals surface area contributed by atoms with Crippen LogP contribution in [0.25, 0.3) is 11.3 Å². The second kappa shape index (κ2) is 3.52. The van der Waals surface area contributed by atoms with E-state index in [1.54, 1.807) is 18.2 Å². The van der Waals surface area contributed by atoms with Crippen LogP contribution < -0.4 is 5.73 Å². The quantitative estimate of drug-likeness (QED) is 0.816. The van der Waals surface area contributed by atoms with Gasteiger partial charge in [0.2, 0.25) is 0 Å². The molecule has 1 heterocycles. The van der Waals surface area contributed by atoms with Gasteiger partial charge in [-0.05, 0) is 18.2 Å². The van der Waals surface area contributed by atoms with Crippen LogP contribution in [0.1, 0.15) is 0 Å². The standard InChI is InChI=1S/C9H6Cl2N2O/c10-5-1-2-6(7(11)3-5)9-8(12)4-13-14-9/h1-4H,12H2. The molecule has 1 aromatic carbocycles. The fourth-order valence-corrected chi connectivity index (χ4v) is 1.62. The summed E-state index contributed by atoms with van der Waals surface area (Å²) in [6.07, 6.45) is 1.43. The number of anilines is 1. The second-order valence-electron chi connectivity index (χ2n) is 2.73. The summed E-state index contributed by atoms with van der Waals surface area (Å²) in [5.41, 5.74) is 6.77. The van der Waals surface area contributed by atoms with Crippen molar-refractivity contribution < 1.29 is 4.52 Å². The SMILES string of the molecule is Nc1cnoc1-c1ccc(Cl)cc1Cl. The van der Waals surface area contributed by atoms with E-state index in [0.717, 1.165) is 0 Å². The Labute approximate surface area is 90.4 Å². The lowest BCUT2D eigenvalue weighted by Crippen LogP contribution is -1.85. The molecule has 2 rings (SSSR count). The van der Waals surface area contributed by atoms with Crippen molar-refractivity contribution >= 4 is 28.9 Å². The summed E-state index contributed by atoms with van der Waals surface area (Å²) >= 11 is 11.7. The van der Waals surface area contributed by atoms with Gasteiger partial charge in [0.25, 0.3) is 0 Å². The third kappa shape index (κ3) is 1.56. The van der Waals surface area contributed by atoms with Crippen molar-refractivity contribution in [1.82, 2.24) is 5.16 Å². The number of benzene rings is 1. The first-order valence-corrected chi connectivity index (χ1v) is 4.59. The monoisotopic (exact) mass is 228 g/mol. The number of rotatable bonds is 1. The summed E-state index contributed by atoms with van der Waals surface area (Å²) < 4.78 is 4.97. The van der Waals surface area contributed by atoms with Gasteiger partial charge in [-0.3, -0.25) is 0 Å². The number of nitrogens with zero attached hydrogens (tertiary/aromatic N) is 1. The molecule has 2 aromatic rings. The minimum absolute atomic E-state index is 0.453. The van der Waals surface area contributed by atoms with Gasteiger partial charge in [0, 0.05) is 10.6 Å². The minimum Gasteiger partial charge on any atom is -0.394 e. The maximum atomic E-state index is 5.97. The molecule has 1 aromatic heterocycles. The molecular weight excluding hydrogens is 223 g/mol. The highest BCUT2D eigenvalue weighted by molar-refractivity contribution is 6.36. The van der Waals surface area contributed by atoms with Gasteiger partial charge in [0.15, 0.2) is 5.76 Å².